The van der Waals surface area contributed by atoms with Crippen LogP contribution in [0.3, 0.4) is 0 Å². The highest BCUT2D eigenvalue weighted by Crippen LogP contribution is 2.61. The lowest BCUT2D eigenvalue weighted by molar-refractivity contribution is -0.130. The van der Waals surface area contributed by atoms with Crippen LogP contribution in [0.1, 0.15) is 70.2 Å². The summed E-state index contributed by atoms with van der Waals surface area (Å²) in [6.45, 7) is 3.53. The third-order valence-electron chi connectivity index (χ3n) is 6.86. The summed E-state index contributed by atoms with van der Waals surface area (Å²) in [7, 11) is 1.71. The zero-order chi connectivity index (χ0) is 18.1. The standard InChI is InChI=1S/C20H32N4O2/c1-14(19-23-21-13-24(19)4-3-5-26-2)22-18(25)12-20-9-15-6-16(10-20)8-17(7-15)11-20/h13-17H,3-12H2,1-2H3,(H,22,25)/t14-,15?,16?,17?,20?/m1/s1. The van der Waals surface area contributed by atoms with Gasteiger partial charge in [0.05, 0.1) is 6.04 Å². The van der Waals surface area contributed by atoms with Crippen LogP contribution in [0.4, 0.5) is 0 Å². The molecule has 6 nitrogen and oxygen atoms in total. The zero-order valence-corrected chi connectivity index (χ0v) is 16.1. The molecule has 1 atom stereocenters. The average Bonchev–Trinajstić information content (AvgIpc) is 3.01. The van der Waals surface area contributed by atoms with Crippen molar-refractivity contribution in [1.29, 1.82) is 0 Å². The molecule has 0 radical (unpaired) electrons. The van der Waals surface area contributed by atoms with Crippen LogP contribution in [0.5, 0.6) is 0 Å². The molecule has 0 aromatic carbocycles. The van der Waals surface area contributed by atoms with E-state index in [9.17, 15) is 4.79 Å². The fourth-order valence-corrected chi connectivity index (χ4v) is 6.35. The molecule has 1 aromatic heterocycles. The van der Waals surface area contributed by atoms with Crippen molar-refractivity contribution in [2.45, 2.75) is 70.9 Å². The second-order valence-corrected chi connectivity index (χ2v) is 9.11. The van der Waals surface area contributed by atoms with Crippen LogP contribution in [-0.2, 0) is 16.1 Å². The van der Waals surface area contributed by atoms with Gasteiger partial charge in [0.15, 0.2) is 5.82 Å². The molecule has 1 N–H and O–H groups in total. The van der Waals surface area contributed by atoms with Gasteiger partial charge in [-0.3, -0.25) is 4.79 Å². The maximum Gasteiger partial charge on any atom is 0.221 e. The molecule has 0 aliphatic heterocycles. The first-order valence-corrected chi connectivity index (χ1v) is 10.2. The molecule has 5 rings (SSSR count). The number of nitrogens with zero attached hydrogens (tertiary/aromatic N) is 3. The first kappa shape index (κ1) is 18.0. The minimum Gasteiger partial charge on any atom is -0.385 e. The monoisotopic (exact) mass is 360 g/mol. The van der Waals surface area contributed by atoms with E-state index in [-0.39, 0.29) is 17.4 Å². The van der Waals surface area contributed by atoms with E-state index >= 15 is 0 Å². The largest absolute Gasteiger partial charge is 0.385 e. The number of methoxy groups -OCH3 is 1. The summed E-state index contributed by atoms with van der Waals surface area (Å²) in [5.41, 5.74) is 0.282. The van der Waals surface area contributed by atoms with Gasteiger partial charge in [0, 0.05) is 26.7 Å². The van der Waals surface area contributed by atoms with Gasteiger partial charge in [0.1, 0.15) is 6.33 Å². The van der Waals surface area contributed by atoms with E-state index in [0.717, 1.165) is 36.5 Å². The van der Waals surface area contributed by atoms with Crippen molar-refractivity contribution in [1.82, 2.24) is 20.1 Å². The molecular weight excluding hydrogens is 328 g/mol. The molecule has 1 amide bonds. The molecule has 4 fully saturated rings. The van der Waals surface area contributed by atoms with Crippen molar-refractivity contribution in [2.24, 2.45) is 23.2 Å². The Morgan fingerprint density at radius 1 is 1.31 bits per heavy atom. The van der Waals surface area contributed by atoms with Crippen molar-refractivity contribution in [3.8, 4) is 0 Å². The SMILES string of the molecule is COCCCn1cnnc1[C@@H](C)NC(=O)CC12CC3CC(CC(C3)C1)C2. The van der Waals surface area contributed by atoms with Gasteiger partial charge in [0.25, 0.3) is 0 Å². The first-order valence-electron chi connectivity index (χ1n) is 10.2. The summed E-state index contributed by atoms with van der Waals surface area (Å²) in [6.07, 6.45) is 11.4. The molecule has 4 saturated carbocycles. The fraction of sp³-hybridized carbons (Fsp3) is 0.850. The Kier molecular flexibility index (Phi) is 5.04. The molecule has 1 aromatic rings. The Hall–Kier alpha value is -1.43. The number of aromatic nitrogens is 3. The van der Waals surface area contributed by atoms with Gasteiger partial charge >= 0.3 is 0 Å². The van der Waals surface area contributed by atoms with Gasteiger partial charge < -0.3 is 14.6 Å². The van der Waals surface area contributed by atoms with E-state index in [2.05, 4.69) is 15.5 Å². The van der Waals surface area contributed by atoms with E-state index in [1.54, 1.807) is 13.4 Å². The normalized spacial score (nSPS) is 33.4. The number of amides is 1. The molecule has 144 valence electrons. The Balaban J connectivity index is 1.34. The van der Waals surface area contributed by atoms with E-state index < -0.39 is 0 Å². The molecule has 0 spiro atoms. The Morgan fingerprint density at radius 2 is 1.96 bits per heavy atom. The van der Waals surface area contributed by atoms with Gasteiger partial charge in [-0.2, -0.15) is 0 Å². The van der Waals surface area contributed by atoms with Crippen molar-refractivity contribution in [3.63, 3.8) is 0 Å². The molecular formula is C20H32N4O2. The molecule has 1 heterocycles. The summed E-state index contributed by atoms with van der Waals surface area (Å²) in [4.78, 5) is 12.8. The van der Waals surface area contributed by atoms with E-state index in [1.807, 2.05) is 11.5 Å². The van der Waals surface area contributed by atoms with E-state index in [4.69, 9.17) is 4.74 Å². The Labute approximate surface area is 156 Å². The molecule has 0 unspecified atom stereocenters. The first-order chi connectivity index (χ1) is 12.6. The highest BCUT2D eigenvalue weighted by atomic mass is 16.5. The van der Waals surface area contributed by atoms with Gasteiger partial charge in [-0.1, -0.05) is 0 Å². The van der Waals surface area contributed by atoms with Crippen LogP contribution < -0.4 is 5.32 Å². The van der Waals surface area contributed by atoms with E-state index in [0.29, 0.717) is 13.0 Å². The molecule has 4 aliphatic rings. The number of hydrogen-bond donors (Lipinski definition) is 1. The summed E-state index contributed by atoms with van der Waals surface area (Å²) >= 11 is 0. The number of aryl methyl sites for hydroxylation is 1. The predicted molar refractivity (Wildman–Crippen MR) is 98.3 cm³/mol. The quantitative estimate of drug-likeness (QED) is 0.723. The second kappa shape index (κ2) is 7.29. The number of ether oxygens (including phenoxy) is 1. The second-order valence-electron chi connectivity index (χ2n) is 9.11. The summed E-state index contributed by atoms with van der Waals surface area (Å²) in [5.74, 6) is 3.67. The molecule has 0 saturated heterocycles. The molecule has 26 heavy (non-hydrogen) atoms. The van der Waals surface area contributed by atoms with Gasteiger partial charge in [-0.15, -0.1) is 10.2 Å². The van der Waals surface area contributed by atoms with Gasteiger partial charge in [-0.05, 0) is 75.0 Å². The fourth-order valence-electron chi connectivity index (χ4n) is 6.35. The number of hydrogen-bond acceptors (Lipinski definition) is 4. The smallest absolute Gasteiger partial charge is 0.221 e. The van der Waals surface area contributed by atoms with Gasteiger partial charge in [-0.25, -0.2) is 0 Å². The Morgan fingerprint density at radius 3 is 2.58 bits per heavy atom. The maximum absolute atomic E-state index is 12.8. The average molecular weight is 361 g/mol. The van der Waals surface area contributed by atoms with E-state index in [1.165, 1.54) is 38.5 Å². The number of nitrogens with one attached hydrogen (secondary N) is 1. The zero-order valence-electron chi connectivity index (χ0n) is 16.1. The molecule has 4 aliphatic carbocycles. The number of carbonyl (C=O) groups is 1. The predicted octanol–water partition coefficient (Wildman–Crippen LogP) is 3.10. The minimum atomic E-state index is -0.110. The highest BCUT2D eigenvalue weighted by molar-refractivity contribution is 5.77. The van der Waals surface area contributed by atoms with Crippen LogP contribution in [0.15, 0.2) is 6.33 Å². The highest BCUT2D eigenvalue weighted by Gasteiger charge is 2.51. The van der Waals surface area contributed by atoms with Crippen LogP contribution in [-0.4, -0.2) is 34.4 Å². The summed E-state index contributed by atoms with van der Waals surface area (Å²) in [5, 5.41) is 11.5. The van der Waals surface area contributed by atoms with Crippen molar-refractivity contribution in [3.05, 3.63) is 12.2 Å². The molecule has 4 bridgehead atoms. The van der Waals surface area contributed by atoms with Crippen molar-refractivity contribution >= 4 is 5.91 Å². The van der Waals surface area contributed by atoms with Crippen LogP contribution in [0, 0.1) is 23.2 Å². The third kappa shape index (κ3) is 3.66. The summed E-state index contributed by atoms with van der Waals surface area (Å²) < 4.78 is 7.14. The molecule has 6 heteroatoms. The lowest BCUT2D eigenvalue weighted by Crippen LogP contribution is -2.48. The van der Waals surface area contributed by atoms with Crippen LogP contribution in [0.25, 0.3) is 0 Å². The van der Waals surface area contributed by atoms with Crippen LogP contribution >= 0.6 is 0 Å². The van der Waals surface area contributed by atoms with Crippen molar-refractivity contribution < 1.29 is 9.53 Å². The van der Waals surface area contributed by atoms with Crippen LogP contribution in [0.2, 0.25) is 0 Å². The lowest BCUT2D eigenvalue weighted by Gasteiger charge is -2.56. The maximum atomic E-state index is 12.8. The van der Waals surface area contributed by atoms with Crippen molar-refractivity contribution in [2.75, 3.05) is 13.7 Å². The number of rotatable bonds is 8. The number of carbonyl (C=O) groups excluding carboxylic acids is 1. The minimum absolute atomic E-state index is 0.110. The Bertz CT molecular complexity index is 606. The third-order valence-corrected chi connectivity index (χ3v) is 6.86. The summed E-state index contributed by atoms with van der Waals surface area (Å²) in [6, 6.07) is -0.110. The van der Waals surface area contributed by atoms with Gasteiger partial charge in [0.2, 0.25) is 5.91 Å². The lowest BCUT2D eigenvalue weighted by atomic mass is 9.49. The topological polar surface area (TPSA) is 69.0 Å².